The summed E-state index contributed by atoms with van der Waals surface area (Å²) in [5, 5.41) is 3.39. The van der Waals surface area contributed by atoms with E-state index >= 15 is 0 Å². The highest BCUT2D eigenvalue weighted by Crippen LogP contribution is 2.30. The fourth-order valence-electron chi connectivity index (χ4n) is 2.90. The van der Waals surface area contributed by atoms with E-state index in [9.17, 15) is 4.39 Å². The Hall–Kier alpha value is -0.710. The maximum atomic E-state index is 13.5. The molecule has 1 atom stereocenters. The molecule has 0 aliphatic carbocycles. The van der Waals surface area contributed by atoms with E-state index in [4.69, 9.17) is 0 Å². The number of nitrogens with zero attached hydrogens (tertiary/aromatic N) is 1. The van der Waals surface area contributed by atoms with E-state index in [1.165, 1.54) is 18.4 Å². The molecule has 0 bridgehead atoms. The third-order valence-electron chi connectivity index (χ3n) is 4.06. The minimum atomic E-state index is -0.190. The van der Waals surface area contributed by atoms with Gasteiger partial charge in [0.25, 0.3) is 0 Å². The number of hydrogen-bond donors (Lipinski definition) is 1. The van der Waals surface area contributed by atoms with E-state index in [1.807, 2.05) is 18.2 Å². The van der Waals surface area contributed by atoms with E-state index in [0.29, 0.717) is 10.5 Å². The van der Waals surface area contributed by atoms with Crippen LogP contribution in [-0.4, -0.2) is 31.1 Å². The number of rotatable bonds is 7. The van der Waals surface area contributed by atoms with Gasteiger partial charge in [-0.05, 0) is 52.9 Å². The maximum absolute atomic E-state index is 13.5. The first-order valence-electron chi connectivity index (χ1n) is 7.73. The Balaban J connectivity index is 2.09. The minimum absolute atomic E-state index is 0.190. The van der Waals surface area contributed by atoms with Crippen LogP contribution in [0.3, 0.4) is 0 Å². The monoisotopic (exact) mass is 354 g/mol. The van der Waals surface area contributed by atoms with Gasteiger partial charge in [0, 0.05) is 32.2 Å². The molecule has 0 amide bonds. The van der Waals surface area contributed by atoms with Gasteiger partial charge in [-0.2, -0.15) is 0 Å². The van der Waals surface area contributed by atoms with Gasteiger partial charge in [-0.1, -0.05) is 18.6 Å². The van der Waals surface area contributed by atoms with Crippen molar-refractivity contribution in [3.63, 3.8) is 0 Å². The minimum Gasteiger partial charge on any atom is -0.314 e. The fourth-order valence-corrected chi connectivity index (χ4v) is 3.30. The van der Waals surface area contributed by atoms with Crippen LogP contribution in [0, 0.1) is 5.82 Å². The molecule has 1 N–H and O–H groups in total. The molecule has 0 spiro atoms. The Labute approximate surface area is 135 Å². The molecule has 1 aromatic carbocycles. The number of hydrogen-bond acceptors (Lipinski definition) is 2. The Morgan fingerprint density at radius 2 is 2.10 bits per heavy atom. The molecule has 21 heavy (non-hydrogen) atoms. The van der Waals surface area contributed by atoms with Crippen LogP contribution in [0.2, 0.25) is 0 Å². The fraction of sp³-hybridized carbons (Fsp3) is 0.529. The van der Waals surface area contributed by atoms with Crippen LogP contribution >= 0.6 is 15.9 Å². The third kappa shape index (κ3) is 4.90. The lowest BCUT2D eigenvalue weighted by Gasteiger charge is -2.35. The number of halogens is 2. The van der Waals surface area contributed by atoms with Gasteiger partial charge < -0.3 is 5.32 Å². The van der Waals surface area contributed by atoms with E-state index < -0.39 is 0 Å². The zero-order chi connectivity index (χ0) is 15.1. The zero-order valence-electron chi connectivity index (χ0n) is 12.5. The van der Waals surface area contributed by atoms with Gasteiger partial charge in [-0.15, -0.1) is 6.58 Å². The van der Waals surface area contributed by atoms with Crippen LogP contribution < -0.4 is 5.32 Å². The molecule has 1 heterocycles. The van der Waals surface area contributed by atoms with Crippen molar-refractivity contribution in [2.45, 2.75) is 31.7 Å². The van der Waals surface area contributed by atoms with Gasteiger partial charge in [0.1, 0.15) is 5.82 Å². The molecule has 4 heteroatoms. The topological polar surface area (TPSA) is 15.3 Å². The SMILES string of the molecule is C=CCCCC[C@@H](c1ccc(F)c(Br)c1)N1CCNCC1. The van der Waals surface area contributed by atoms with Crippen LogP contribution in [0.4, 0.5) is 4.39 Å². The molecule has 116 valence electrons. The van der Waals surface area contributed by atoms with Gasteiger partial charge in [-0.25, -0.2) is 4.39 Å². The first-order chi connectivity index (χ1) is 10.2. The molecule has 0 unspecified atom stereocenters. The lowest BCUT2D eigenvalue weighted by atomic mass is 9.98. The van der Waals surface area contributed by atoms with Crippen LogP contribution in [-0.2, 0) is 0 Å². The smallest absolute Gasteiger partial charge is 0.137 e. The van der Waals surface area contributed by atoms with Crippen molar-refractivity contribution >= 4 is 15.9 Å². The summed E-state index contributed by atoms with van der Waals surface area (Å²) >= 11 is 3.31. The predicted molar refractivity (Wildman–Crippen MR) is 89.9 cm³/mol. The molecular formula is C17H24BrFN2. The highest BCUT2D eigenvalue weighted by atomic mass is 79.9. The van der Waals surface area contributed by atoms with Gasteiger partial charge in [0.15, 0.2) is 0 Å². The first-order valence-corrected chi connectivity index (χ1v) is 8.52. The highest BCUT2D eigenvalue weighted by Gasteiger charge is 2.22. The van der Waals surface area contributed by atoms with E-state index in [2.05, 4.69) is 32.7 Å². The average molecular weight is 355 g/mol. The van der Waals surface area contributed by atoms with Crippen LogP contribution in [0.25, 0.3) is 0 Å². The maximum Gasteiger partial charge on any atom is 0.137 e. The van der Waals surface area contributed by atoms with Crippen LogP contribution in [0.1, 0.15) is 37.3 Å². The molecule has 1 aliphatic rings. The Kier molecular flexibility index (Phi) is 6.87. The summed E-state index contributed by atoms with van der Waals surface area (Å²) in [6.07, 6.45) is 6.52. The Morgan fingerprint density at radius 1 is 1.33 bits per heavy atom. The van der Waals surface area contributed by atoms with Crippen molar-refractivity contribution in [1.29, 1.82) is 0 Å². The summed E-state index contributed by atoms with van der Waals surface area (Å²) in [4.78, 5) is 2.52. The Morgan fingerprint density at radius 3 is 2.76 bits per heavy atom. The number of nitrogens with one attached hydrogen (secondary N) is 1. The standard InChI is InChI=1S/C17H24BrFN2/c1-2-3-4-5-6-17(21-11-9-20-10-12-21)14-7-8-16(19)15(18)13-14/h2,7-8,13,17,20H,1,3-6,9-12H2/t17-/m0/s1. The normalized spacial score (nSPS) is 17.6. The van der Waals surface area contributed by atoms with Gasteiger partial charge >= 0.3 is 0 Å². The quantitative estimate of drug-likeness (QED) is 0.580. The molecule has 0 aromatic heterocycles. The molecule has 1 aliphatic heterocycles. The lowest BCUT2D eigenvalue weighted by Crippen LogP contribution is -2.45. The number of allylic oxidation sites excluding steroid dienone is 1. The number of unbranched alkanes of at least 4 members (excludes halogenated alkanes) is 2. The van der Waals surface area contributed by atoms with Gasteiger partial charge in [-0.3, -0.25) is 4.90 Å². The molecule has 1 aromatic rings. The summed E-state index contributed by atoms with van der Waals surface area (Å²) in [7, 11) is 0. The molecule has 0 saturated carbocycles. The second kappa shape index (κ2) is 8.66. The largest absolute Gasteiger partial charge is 0.314 e. The molecular weight excluding hydrogens is 331 g/mol. The Bertz CT molecular complexity index is 458. The molecule has 1 saturated heterocycles. The lowest BCUT2D eigenvalue weighted by molar-refractivity contribution is 0.163. The van der Waals surface area contributed by atoms with Gasteiger partial charge in [0.05, 0.1) is 4.47 Å². The summed E-state index contributed by atoms with van der Waals surface area (Å²) in [6.45, 7) is 7.96. The van der Waals surface area contributed by atoms with E-state index in [-0.39, 0.29) is 5.82 Å². The van der Waals surface area contributed by atoms with Gasteiger partial charge in [0.2, 0.25) is 0 Å². The summed E-state index contributed by atoms with van der Waals surface area (Å²) in [5.74, 6) is -0.190. The second-order valence-electron chi connectivity index (χ2n) is 5.55. The van der Waals surface area contributed by atoms with Crippen molar-refractivity contribution < 1.29 is 4.39 Å². The molecule has 1 fully saturated rings. The number of piperazine rings is 1. The van der Waals surface area contributed by atoms with Crippen LogP contribution in [0.5, 0.6) is 0 Å². The second-order valence-corrected chi connectivity index (χ2v) is 6.40. The molecule has 2 rings (SSSR count). The van der Waals surface area contributed by atoms with Crippen molar-refractivity contribution in [1.82, 2.24) is 10.2 Å². The molecule has 2 nitrogen and oxygen atoms in total. The number of benzene rings is 1. The summed E-state index contributed by atoms with van der Waals surface area (Å²) in [5.41, 5.74) is 1.21. The first kappa shape index (κ1) is 16.7. The van der Waals surface area contributed by atoms with E-state index in [1.54, 1.807) is 6.07 Å². The van der Waals surface area contributed by atoms with Crippen molar-refractivity contribution in [3.8, 4) is 0 Å². The summed E-state index contributed by atoms with van der Waals surface area (Å²) in [6, 6.07) is 5.82. The zero-order valence-corrected chi connectivity index (χ0v) is 14.0. The predicted octanol–water partition coefficient (Wildman–Crippen LogP) is 4.28. The third-order valence-corrected chi connectivity index (χ3v) is 4.66. The van der Waals surface area contributed by atoms with Crippen molar-refractivity contribution in [3.05, 3.63) is 46.7 Å². The van der Waals surface area contributed by atoms with Crippen molar-refractivity contribution in [2.24, 2.45) is 0 Å². The molecule has 0 radical (unpaired) electrons. The van der Waals surface area contributed by atoms with E-state index in [0.717, 1.165) is 39.0 Å². The van der Waals surface area contributed by atoms with Crippen molar-refractivity contribution in [2.75, 3.05) is 26.2 Å². The van der Waals surface area contributed by atoms with Crippen LogP contribution in [0.15, 0.2) is 35.3 Å². The highest BCUT2D eigenvalue weighted by molar-refractivity contribution is 9.10. The average Bonchev–Trinajstić information content (AvgIpc) is 2.51. The summed E-state index contributed by atoms with van der Waals surface area (Å²) < 4.78 is 14.0.